The first-order chi connectivity index (χ1) is 10.3. The molecule has 4 heteroatoms. The maximum atomic E-state index is 4.76. The Balaban J connectivity index is 1.68. The molecule has 0 bridgehead atoms. The Hall–Kier alpha value is -1.13. The van der Waals surface area contributed by atoms with Gasteiger partial charge in [-0.2, -0.15) is 0 Å². The molecule has 116 valence electrons. The Kier molecular flexibility index (Phi) is 4.76. The topological polar surface area (TPSA) is 31.4 Å². The first-order valence-corrected chi connectivity index (χ1v) is 8.43. The summed E-state index contributed by atoms with van der Waals surface area (Å²) in [4.78, 5) is 9.93. The van der Waals surface area contributed by atoms with E-state index in [0.29, 0.717) is 0 Å². The second kappa shape index (κ2) is 6.75. The highest BCUT2D eigenvalue weighted by atomic mass is 15.3. The lowest BCUT2D eigenvalue weighted by Gasteiger charge is -2.44. The van der Waals surface area contributed by atoms with E-state index in [0.717, 1.165) is 32.2 Å². The summed E-state index contributed by atoms with van der Waals surface area (Å²) in [5, 5.41) is 3.37. The standard InChI is InChI=1S/C17H28N4/c1-3-18-11-15-10-14(2)17(19-12-15)21-9-8-20-7-5-4-6-16(20)13-21/h10,12,16,18H,3-9,11,13H2,1-2H3. The van der Waals surface area contributed by atoms with E-state index in [-0.39, 0.29) is 0 Å². The zero-order valence-electron chi connectivity index (χ0n) is 13.4. The molecule has 0 amide bonds. The van der Waals surface area contributed by atoms with Gasteiger partial charge in [0.15, 0.2) is 0 Å². The molecule has 1 aromatic rings. The van der Waals surface area contributed by atoms with Crippen LogP contribution in [0.2, 0.25) is 0 Å². The van der Waals surface area contributed by atoms with Gasteiger partial charge in [-0.05, 0) is 50.0 Å². The second-order valence-electron chi connectivity index (χ2n) is 6.40. The number of fused-ring (bicyclic) bond motifs is 1. The fourth-order valence-electron chi connectivity index (χ4n) is 3.67. The highest BCUT2D eigenvalue weighted by molar-refractivity contribution is 5.48. The number of hydrogen-bond acceptors (Lipinski definition) is 4. The molecule has 1 N–H and O–H groups in total. The molecule has 0 saturated carbocycles. The summed E-state index contributed by atoms with van der Waals surface area (Å²) in [7, 11) is 0. The van der Waals surface area contributed by atoms with E-state index in [2.05, 4.69) is 35.0 Å². The maximum absolute atomic E-state index is 4.76. The van der Waals surface area contributed by atoms with Crippen LogP contribution in [-0.2, 0) is 6.54 Å². The molecule has 4 nitrogen and oxygen atoms in total. The molecule has 0 radical (unpaired) electrons. The van der Waals surface area contributed by atoms with Gasteiger partial charge in [-0.15, -0.1) is 0 Å². The van der Waals surface area contributed by atoms with Gasteiger partial charge in [0.1, 0.15) is 5.82 Å². The van der Waals surface area contributed by atoms with Crippen molar-refractivity contribution in [1.82, 2.24) is 15.2 Å². The van der Waals surface area contributed by atoms with Gasteiger partial charge in [0.25, 0.3) is 0 Å². The summed E-state index contributed by atoms with van der Waals surface area (Å²) in [6.45, 7) is 11.0. The second-order valence-corrected chi connectivity index (χ2v) is 6.40. The lowest BCUT2D eigenvalue weighted by molar-refractivity contribution is 0.133. The normalized spacial score (nSPS) is 23.1. The van der Waals surface area contributed by atoms with Crippen molar-refractivity contribution in [3.63, 3.8) is 0 Å². The zero-order valence-corrected chi connectivity index (χ0v) is 13.4. The van der Waals surface area contributed by atoms with E-state index in [4.69, 9.17) is 4.98 Å². The van der Waals surface area contributed by atoms with E-state index in [1.807, 2.05) is 6.20 Å². The summed E-state index contributed by atoms with van der Waals surface area (Å²) >= 11 is 0. The number of aryl methyl sites for hydroxylation is 1. The van der Waals surface area contributed by atoms with Crippen molar-refractivity contribution in [2.24, 2.45) is 0 Å². The molecule has 21 heavy (non-hydrogen) atoms. The molecule has 0 spiro atoms. The number of rotatable bonds is 4. The minimum atomic E-state index is 0.745. The van der Waals surface area contributed by atoms with Crippen LogP contribution in [-0.4, -0.2) is 48.6 Å². The molecule has 2 aliphatic rings. The number of nitrogens with zero attached hydrogens (tertiary/aromatic N) is 3. The SMILES string of the molecule is CCNCc1cnc(N2CCN3CCCCC3C2)c(C)c1. The van der Waals surface area contributed by atoms with E-state index in [1.165, 1.54) is 49.3 Å². The van der Waals surface area contributed by atoms with E-state index in [1.54, 1.807) is 0 Å². The molecule has 2 saturated heterocycles. The molecule has 2 fully saturated rings. The molecule has 1 aromatic heterocycles. The van der Waals surface area contributed by atoms with Crippen LogP contribution in [0, 0.1) is 6.92 Å². The number of pyridine rings is 1. The summed E-state index contributed by atoms with van der Waals surface area (Å²) in [5.41, 5.74) is 2.60. The maximum Gasteiger partial charge on any atom is 0.131 e. The minimum Gasteiger partial charge on any atom is -0.354 e. The van der Waals surface area contributed by atoms with Gasteiger partial charge in [0, 0.05) is 38.4 Å². The van der Waals surface area contributed by atoms with Crippen molar-refractivity contribution in [2.45, 2.75) is 45.7 Å². The van der Waals surface area contributed by atoms with Gasteiger partial charge in [0.2, 0.25) is 0 Å². The van der Waals surface area contributed by atoms with Crippen LogP contribution >= 0.6 is 0 Å². The first-order valence-electron chi connectivity index (χ1n) is 8.43. The Morgan fingerprint density at radius 3 is 3.00 bits per heavy atom. The fourth-order valence-corrected chi connectivity index (χ4v) is 3.67. The van der Waals surface area contributed by atoms with Crippen LogP contribution in [0.4, 0.5) is 5.82 Å². The van der Waals surface area contributed by atoms with Crippen molar-refractivity contribution in [2.75, 3.05) is 37.6 Å². The molecule has 3 rings (SSSR count). The lowest BCUT2D eigenvalue weighted by atomic mass is 9.99. The molecular formula is C17H28N4. The van der Waals surface area contributed by atoms with Crippen LogP contribution in [0.15, 0.2) is 12.3 Å². The van der Waals surface area contributed by atoms with Crippen LogP contribution in [0.5, 0.6) is 0 Å². The van der Waals surface area contributed by atoms with Gasteiger partial charge in [-0.3, -0.25) is 4.90 Å². The summed E-state index contributed by atoms with van der Waals surface area (Å²) < 4.78 is 0. The Bertz CT molecular complexity index is 474. The third kappa shape index (κ3) is 3.38. The molecule has 1 atom stereocenters. The van der Waals surface area contributed by atoms with Gasteiger partial charge < -0.3 is 10.2 Å². The third-order valence-corrected chi connectivity index (χ3v) is 4.82. The van der Waals surface area contributed by atoms with Gasteiger partial charge >= 0.3 is 0 Å². The molecule has 0 aliphatic carbocycles. The van der Waals surface area contributed by atoms with Gasteiger partial charge in [0.05, 0.1) is 0 Å². The van der Waals surface area contributed by atoms with Gasteiger partial charge in [-0.1, -0.05) is 13.3 Å². The predicted molar refractivity (Wildman–Crippen MR) is 87.8 cm³/mol. The molecular weight excluding hydrogens is 260 g/mol. The largest absolute Gasteiger partial charge is 0.354 e. The Labute approximate surface area is 128 Å². The van der Waals surface area contributed by atoms with Crippen molar-refractivity contribution >= 4 is 5.82 Å². The smallest absolute Gasteiger partial charge is 0.131 e. The Morgan fingerprint density at radius 1 is 1.29 bits per heavy atom. The lowest BCUT2D eigenvalue weighted by Crippen LogP contribution is -2.55. The average Bonchev–Trinajstić information content (AvgIpc) is 2.52. The number of aromatic nitrogens is 1. The van der Waals surface area contributed by atoms with Crippen LogP contribution in [0.1, 0.15) is 37.3 Å². The molecule has 3 heterocycles. The number of piperidine rings is 1. The van der Waals surface area contributed by atoms with Crippen molar-refractivity contribution in [1.29, 1.82) is 0 Å². The fraction of sp³-hybridized carbons (Fsp3) is 0.706. The summed E-state index contributed by atoms with van der Waals surface area (Å²) in [6, 6.07) is 3.04. The van der Waals surface area contributed by atoms with E-state index in [9.17, 15) is 0 Å². The van der Waals surface area contributed by atoms with Crippen LogP contribution in [0.3, 0.4) is 0 Å². The van der Waals surface area contributed by atoms with Crippen molar-refractivity contribution in [3.8, 4) is 0 Å². The zero-order chi connectivity index (χ0) is 14.7. The van der Waals surface area contributed by atoms with Crippen molar-refractivity contribution in [3.05, 3.63) is 23.4 Å². The molecule has 2 aliphatic heterocycles. The number of hydrogen-bond donors (Lipinski definition) is 1. The van der Waals surface area contributed by atoms with Crippen LogP contribution in [0.25, 0.3) is 0 Å². The van der Waals surface area contributed by atoms with E-state index < -0.39 is 0 Å². The predicted octanol–water partition coefficient (Wildman–Crippen LogP) is 2.17. The first kappa shape index (κ1) is 14.8. The molecule has 1 unspecified atom stereocenters. The van der Waals surface area contributed by atoms with Gasteiger partial charge in [-0.25, -0.2) is 4.98 Å². The number of piperazine rings is 1. The number of nitrogens with one attached hydrogen (secondary N) is 1. The quantitative estimate of drug-likeness (QED) is 0.920. The van der Waals surface area contributed by atoms with Crippen molar-refractivity contribution < 1.29 is 0 Å². The third-order valence-electron chi connectivity index (χ3n) is 4.82. The van der Waals surface area contributed by atoms with E-state index >= 15 is 0 Å². The Morgan fingerprint density at radius 2 is 2.19 bits per heavy atom. The summed E-state index contributed by atoms with van der Waals surface area (Å²) in [5.74, 6) is 1.19. The number of anilines is 1. The highest BCUT2D eigenvalue weighted by Gasteiger charge is 2.29. The molecule has 0 aromatic carbocycles. The monoisotopic (exact) mass is 288 g/mol. The highest BCUT2D eigenvalue weighted by Crippen LogP contribution is 2.26. The minimum absolute atomic E-state index is 0.745. The summed E-state index contributed by atoms with van der Waals surface area (Å²) in [6.07, 6.45) is 6.17. The average molecular weight is 288 g/mol. The van der Waals surface area contributed by atoms with Crippen LogP contribution < -0.4 is 10.2 Å².